The third-order valence-corrected chi connectivity index (χ3v) is 12.6. The van der Waals surface area contributed by atoms with Crippen LogP contribution in [-0.2, 0) is 10.0 Å². The second kappa shape index (κ2) is 9.27. The number of benzene rings is 5. The van der Waals surface area contributed by atoms with E-state index in [4.69, 9.17) is 9.15 Å². The van der Waals surface area contributed by atoms with Gasteiger partial charge >= 0.3 is 0 Å². The highest BCUT2D eigenvalue weighted by Gasteiger charge is 2.49. The molecule has 4 heterocycles. The predicted molar refractivity (Wildman–Crippen MR) is 190 cm³/mol. The molecule has 2 aliphatic carbocycles. The van der Waals surface area contributed by atoms with E-state index in [0.717, 1.165) is 72.3 Å². The summed E-state index contributed by atoms with van der Waals surface area (Å²) in [6.45, 7) is 0. The Balaban J connectivity index is 1.11. The van der Waals surface area contributed by atoms with Gasteiger partial charge in [0.25, 0.3) is 10.0 Å². The molecule has 0 bridgehead atoms. The zero-order chi connectivity index (χ0) is 31.7. The Morgan fingerprint density at radius 1 is 0.708 bits per heavy atom. The van der Waals surface area contributed by atoms with E-state index < -0.39 is 10.0 Å². The lowest BCUT2D eigenvalue weighted by Gasteiger charge is -2.34. The van der Waals surface area contributed by atoms with Gasteiger partial charge < -0.3 is 9.15 Å². The lowest BCUT2D eigenvalue weighted by Crippen LogP contribution is -2.40. The second-order valence-electron chi connectivity index (χ2n) is 13.1. The first-order valence-electron chi connectivity index (χ1n) is 16.3. The van der Waals surface area contributed by atoms with Crippen LogP contribution in [0.4, 0.5) is 5.69 Å². The van der Waals surface area contributed by atoms with E-state index in [0.29, 0.717) is 4.90 Å². The highest BCUT2D eigenvalue weighted by molar-refractivity contribution is 7.93. The molecule has 5 aliphatic rings. The zero-order valence-electron chi connectivity index (χ0n) is 25.6. The number of nitrogens with zero attached hydrogens (tertiary/aromatic N) is 1. The van der Waals surface area contributed by atoms with E-state index in [-0.39, 0.29) is 24.0 Å². The van der Waals surface area contributed by atoms with Gasteiger partial charge in [0.1, 0.15) is 23.0 Å². The van der Waals surface area contributed by atoms with Crippen molar-refractivity contribution in [1.29, 1.82) is 0 Å². The SMILES string of the molecule is O=S1(=O)c2ccccc2-c2cc(C3C=CC=C4c5ccccc5OC43)cc3c2N1C1C=CC(c2cccc4c2oc2ccccc24)=CC31. The number of sulfonamides is 1. The number of rotatable bonds is 2. The van der Waals surface area contributed by atoms with E-state index in [2.05, 4.69) is 85.0 Å². The molecule has 48 heavy (non-hydrogen) atoms. The molecule has 0 fully saturated rings. The molecule has 1 aromatic heterocycles. The van der Waals surface area contributed by atoms with Gasteiger partial charge in [0.15, 0.2) is 0 Å². The number of ether oxygens (including phenoxy) is 1. The van der Waals surface area contributed by atoms with E-state index in [1.54, 1.807) is 10.4 Å². The van der Waals surface area contributed by atoms with Gasteiger partial charge in [-0.25, -0.2) is 8.42 Å². The standard InChI is InChI=1S/C42H27NO4S/c44-48(45)39-18-6-3-11-30(39)34-22-25(27-13-8-15-32-29-10-2-5-17-38(29)47-42(27)32)23-35-33-21-24(19-20-36(33)43(48)40(34)35)26-12-7-14-31-28-9-1-4-16-37(28)46-41(26)31/h1-23,27,33,36,42H. The fourth-order valence-corrected chi connectivity index (χ4v) is 10.5. The summed E-state index contributed by atoms with van der Waals surface area (Å²) in [7, 11) is -3.80. The van der Waals surface area contributed by atoms with Crippen molar-refractivity contribution in [3.63, 3.8) is 0 Å². The minimum absolute atomic E-state index is 0.0379. The van der Waals surface area contributed by atoms with E-state index >= 15 is 0 Å². The molecule has 0 saturated carbocycles. The topological polar surface area (TPSA) is 59.8 Å². The third kappa shape index (κ3) is 3.37. The molecule has 230 valence electrons. The first-order valence-corrected chi connectivity index (χ1v) is 17.8. The smallest absolute Gasteiger partial charge is 0.265 e. The molecular formula is C42H27NO4S. The van der Waals surface area contributed by atoms with Crippen LogP contribution in [0, 0.1) is 0 Å². The van der Waals surface area contributed by atoms with Crippen LogP contribution in [0.5, 0.6) is 5.75 Å². The molecule has 0 saturated heterocycles. The van der Waals surface area contributed by atoms with Crippen molar-refractivity contribution in [2.45, 2.75) is 28.9 Å². The largest absolute Gasteiger partial charge is 0.484 e. The molecule has 6 aromatic rings. The van der Waals surface area contributed by atoms with Crippen LogP contribution in [0.25, 0.3) is 44.2 Å². The maximum atomic E-state index is 14.4. The van der Waals surface area contributed by atoms with Gasteiger partial charge in [0.2, 0.25) is 0 Å². The van der Waals surface area contributed by atoms with Gasteiger partial charge in [0, 0.05) is 50.4 Å². The minimum atomic E-state index is -3.80. The van der Waals surface area contributed by atoms with E-state index in [9.17, 15) is 8.42 Å². The summed E-state index contributed by atoms with van der Waals surface area (Å²) in [5, 5.41) is 2.15. The maximum absolute atomic E-state index is 14.4. The molecule has 3 aliphatic heterocycles. The van der Waals surface area contributed by atoms with Crippen molar-refractivity contribution < 1.29 is 17.6 Å². The highest BCUT2D eigenvalue weighted by Crippen LogP contribution is 2.57. The summed E-state index contributed by atoms with van der Waals surface area (Å²) >= 11 is 0. The Hall–Kier alpha value is -5.59. The predicted octanol–water partition coefficient (Wildman–Crippen LogP) is 9.38. The maximum Gasteiger partial charge on any atom is 0.265 e. The monoisotopic (exact) mass is 641 g/mol. The van der Waals surface area contributed by atoms with E-state index in [1.807, 2.05) is 48.5 Å². The van der Waals surface area contributed by atoms with Crippen molar-refractivity contribution >= 4 is 48.8 Å². The van der Waals surface area contributed by atoms with Gasteiger partial charge in [-0.1, -0.05) is 115 Å². The average molecular weight is 642 g/mol. The van der Waals surface area contributed by atoms with Crippen LogP contribution in [0.2, 0.25) is 0 Å². The summed E-state index contributed by atoms with van der Waals surface area (Å²) in [5.74, 6) is 0.674. The summed E-state index contributed by atoms with van der Waals surface area (Å²) in [6, 6.07) is 34.1. The molecule has 11 rings (SSSR count). The van der Waals surface area contributed by atoms with Crippen LogP contribution in [0.15, 0.2) is 149 Å². The Morgan fingerprint density at radius 3 is 2.44 bits per heavy atom. The van der Waals surface area contributed by atoms with E-state index in [1.165, 1.54) is 5.57 Å². The Morgan fingerprint density at radius 2 is 1.50 bits per heavy atom. The number of furan rings is 1. The second-order valence-corrected chi connectivity index (χ2v) is 14.9. The van der Waals surface area contributed by atoms with Crippen molar-refractivity contribution in [3.8, 4) is 16.9 Å². The number of allylic oxidation sites excluding steroid dienone is 4. The number of hydrogen-bond acceptors (Lipinski definition) is 4. The fraction of sp³-hybridized carbons (Fsp3) is 0.0952. The van der Waals surface area contributed by atoms with Crippen LogP contribution in [0.3, 0.4) is 0 Å². The molecule has 6 heteroatoms. The van der Waals surface area contributed by atoms with Gasteiger partial charge in [-0.3, -0.25) is 4.31 Å². The molecule has 0 amide bonds. The highest BCUT2D eigenvalue weighted by atomic mass is 32.2. The molecule has 5 nitrogen and oxygen atoms in total. The van der Waals surface area contributed by atoms with Crippen molar-refractivity contribution in [2.75, 3.05) is 4.31 Å². The van der Waals surface area contributed by atoms with Crippen molar-refractivity contribution in [3.05, 3.63) is 162 Å². The summed E-state index contributed by atoms with van der Waals surface area (Å²) in [5.41, 5.74) is 10.6. The molecule has 0 radical (unpaired) electrons. The zero-order valence-corrected chi connectivity index (χ0v) is 26.4. The van der Waals surface area contributed by atoms with Gasteiger partial charge in [-0.05, 0) is 41.0 Å². The molecule has 0 N–H and O–H groups in total. The fourth-order valence-electron chi connectivity index (χ4n) is 8.63. The number of para-hydroxylation sites is 3. The number of hydrogen-bond donors (Lipinski definition) is 0. The molecule has 0 spiro atoms. The lowest BCUT2D eigenvalue weighted by atomic mass is 9.80. The average Bonchev–Trinajstić information content (AvgIpc) is 3.80. The van der Waals surface area contributed by atoms with Crippen molar-refractivity contribution in [2.24, 2.45) is 0 Å². The Labute approximate surface area is 277 Å². The van der Waals surface area contributed by atoms with Crippen molar-refractivity contribution in [1.82, 2.24) is 0 Å². The van der Waals surface area contributed by atoms with Gasteiger partial charge in [-0.15, -0.1) is 0 Å². The van der Waals surface area contributed by atoms with Crippen LogP contribution in [0.1, 0.15) is 34.1 Å². The van der Waals surface area contributed by atoms with Gasteiger partial charge in [0.05, 0.1) is 16.6 Å². The third-order valence-electron chi connectivity index (χ3n) is 10.7. The quantitative estimate of drug-likeness (QED) is 0.189. The summed E-state index contributed by atoms with van der Waals surface area (Å²) in [4.78, 5) is 0.348. The lowest BCUT2D eigenvalue weighted by molar-refractivity contribution is 0.258. The number of anilines is 1. The molecule has 5 aromatic carbocycles. The number of fused-ring (bicyclic) bond motifs is 11. The van der Waals surface area contributed by atoms with Gasteiger partial charge in [-0.2, -0.15) is 0 Å². The summed E-state index contributed by atoms with van der Waals surface area (Å²) in [6.07, 6.45) is 12.7. The minimum Gasteiger partial charge on any atom is -0.484 e. The summed E-state index contributed by atoms with van der Waals surface area (Å²) < 4.78 is 43.5. The van der Waals surface area contributed by atoms with Crippen LogP contribution >= 0.6 is 0 Å². The Kier molecular flexibility index (Phi) is 5.11. The first-order chi connectivity index (χ1) is 23.6. The Bertz CT molecular complexity index is 2660. The van der Waals surface area contributed by atoms with Crippen LogP contribution < -0.4 is 9.04 Å². The molecule has 4 unspecified atom stereocenters. The van der Waals surface area contributed by atoms with Crippen LogP contribution in [-0.4, -0.2) is 20.6 Å². The first kappa shape index (κ1) is 26.5. The molecular weight excluding hydrogens is 615 g/mol. The normalized spacial score (nSPS) is 23.5. The molecule has 4 atom stereocenters.